The van der Waals surface area contributed by atoms with Crippen LogP contribution >= 0.6 is 22.6 Å². The molecule has 1 aliphatic heterocycles. The Morgan fingerprint density at radius 3 is 2.93 bits per heavy atom. The third kappa shape index (κ3) is 2.25. The molecule has 1 aliphatic rings. The lowest BCUT2D eigenvalue weighted by Crippen LogP contribution is -2.28. The van der Waals surface area contributed by atoms with Gasteiger partial charge in [-0.3, -0.25) is 0 Å². The summed E-state index contributed by atoms with van der Waals surface area (Å²) in [6.45, 7) is 1.99. The lowest BCUT2D eigenvalue weighted by atomic mass is 9.91. The molecule has 1 heterocycles. The predicted molar refractivity (Wildman–Crippen MR) is 64.0 cm³/mol. The van der Waals surface area contributed by atoms with Crippen LogP contribution in [-0.4, -0.2) is 13.1 Å². The molecule has 1 saturated heterocycles. The summed E-state index contributed by atoms with van der Waals surface area (Å²) in [6.07, 6.45) is 2.25. The first-order chi connectivity index (χ1) is 6.77. The van der Waals surface area contributed by atoms with Crippen molar-refractivity contribution in [3.8, 4) is 0 Å². The largest absolute Gasteiger partial charge is 0.316 e. The average molecular weight is 305 g/mol. The van der Waals surface area contributed by atoms with E-state index >= 15 is 0 Å². The fourth-order valence-corrected chi connectivity index (χ4v) is 2.40. The Labute approximate surface area is 97.2 Å². The van der Waals surface area contributed by atoms with E-state index in [2.05, 4.69) is 27.9 Å². The molecule has 2 rings (SSSR count). The molecule has 0 spiro atoms. The normalized spacial score (nSPS) is 22.3. The first-order valence-electron chi connectivity index (χ1n) is 4.93. The summed E-state index contributed by atoms with van der Waals surface area (Å²) < 4.78 is 14.6. The molecular weight excluding hydrogens is 292 g/mol. The van der Waals surface area contributed by atoms with Crippen molar-refractivity contribution in [3.05, 3.63) is 33.1 Å². The Balaban J connectivity index is 2.22. The summed E-state index contributed by atoms with van der Waals surface area (Å²) in [6, 6.07) is 5.52. The highest BCUT2D eigenvalue weighted by atomic mass is 127. The van der Waals surface area contributed by atoms with Gasteiger partial charge in [-0.2, -0.15) is 0 Å². The SMILES string of the molecule is Fc1cc(I)ccc1C1CCCNC1. The molecule has 1 aromatic rings. The summed E-state index contributed by atoms with van der Waals surface area (Å²) in [5.74, 6) is 0.311. The van der Waals surface area contributed by atoms with E-state index in [0.717, 1.165) is 35.1 Å². The molecule has 1 unspecified atom stereocenters. The van der Waals surface area contributed by atoms with E-state index in [-0.39, 0.29) is 5.82 Å². The minimum atomic E-state index is -0.0504. The smallest absolute Gasteiger partial charge is 0.127 e. The van der Waals surface area contributed by atoms with Crippen LogP contribution in [-0.2, 0) is 0 Å². The molecule has 1 aromatic carbocycles. The highest BCUT2D eigenvalue weighted by Crippen LogP contribution is 2.26. The molecule has 0 saturated carbocycles. The van der Waals surface area contributed by atoms with Gasteiger partial charge in [0.1, 0.15) is 5.82 Å². The van der Waals surface area contributed by atoms with Crippen LogP contribution in [0.1, 0.15) is 24.3 Å². The Bertz CT molecular complexity index is 321. The first-order valence-corrected chi connectivity index (χ1v) is 6.01. The third-order valence-corrected chi connectivity index (χ3v) is 3.37. The second-order valence-corrected chi connectivity index (χ2v) is 4.95. The number of hydrogen-bond donors (Lipinski definition) is 1. The van der Waals surface area contributed by atoms with Crippen LogP contribution in [0.15, 0.2) is 18.2 Å². The molecule has 76 valence electrons. The van der Waals surface area contributed by atoms with Gasteiger partial charge >= 0.3 is 0 Å². The Morgan fingerprint density at radius 2 is 2.29 bits per heavy atom. The van der Waals surface area contributed by atoms with Crippen LogP contribution in [0.3, 0.4) is 0 Å². The van der Waals surface area contributed by atoms with Crippen molar-refractivity contribution in [3.63, 3.8) is 0 Å². The van der Waals surface area contributed by atoms with E-state index in [1.807, 2.05) is 12.1 Å². The Hall–Kier alpha value is -0.160. The molecule has 1 fully saturated rings. The standard InChI is InChI=1S/C11H13FIN/c12-11-6-9(13)3-4-10(11)8-2-1-5-14-7-8/h3-4,6,8,14H,1-2,5,7H2. The van der Waals surface area contributed by atoms with Crippen LogP contribution < -0.4 is 5.32 Å². The van der Waals surface area contributed by atoms with E-state index in [9.17, 15) is 4.39 Å². The lowest BCUT2D eigenvalue weighted by molar-refractivity contribution is 0.446. The number of piperidine rings is 1. The molecule has 0 bridgehead atoms. The van der Waals surface area contributed by atoms with Crippen molar-refractivity contribution < 1.29 is 4.39 Å². The van der Waals surface area contributed by atoms with Crippen LogP contribution in [0.2, 0.25) is 0 Å². The van der Waals surface area contributed by atoms with Gasteiger partial charge in [-0.05, 0) is 65.6 Å². The maximum atomic E-state index is 13.6. The fourth-order valence-electron chi connectivity index (χ4n) is 1.95. The summed E-state index contributed by atoms with van der Waals surface area (Å²) in [7, 11) is 0. The predicted octanol–water partition coefficient (Wildman–Crippen LogP) is 2.90. The Morgan fingerprint density at radius 1 is 1.43 bits per heavy atom. The number of rotatable bonds is 1. The molecule has 1 nitrogen and oxygen atoms in total. The van der Waals surface area contributed by atoms with Crippen molar-refractivity contribution in [1.82, 2.24) is 5.32 Å². The summed E-state index contributed by atoms with van der Waals surface area (Å²) in [4.78, 5) is 0. The van der Waals surface area contributed by atoms with Gasteiger partial charge in [0, 0.05) is 10.1 Å². The topological polar surface area (TPSA) is 12.0 Å². The van der Waals surface area contributed by atoms with Crippen LogP contribution in [0.4, 0.5) is 4.39 Å². The zero-order valence-electron chi connectivity index (χ0n) is 7.89. The van der Waals surface area contributed by atoms with Gasteiger partial charge in [0.25, 0.3) is 0 Å². The Kier molecular flexibility index (Phi) is 3.38. The van der Waals surface area contributed by atoms with Gasteiger partial charge in [-0.25, -0.2) is 4.39 Å². The minimum absolute atomic E-state index is 0.0504. The zero-order chi connectivity index (χ0) is 9.97. The molecular formula is C11H13FIN. The van der Waals surface area contributed by atoms with Crippen molar-refractivity contribution in [2.45, 2.75) is 18.8 Å². The molecule has 0 radical (unpaired) electrons. The monoisotopic (exact) mass is 305 g/mol. The van der Waals surface area contributed by atoms with Gasteiger partial charge in [0.2, 0.25) is 0 Å². The fraction of sp³-hybridized carbons (Fsp3) is 0.455. The van der Waals surface area contributed by atoms with Crippen molar-refractivity contribution >= 4 is 22.6 Å². The summed E-state index contributed by atoms with van der Waals surface area (Å²) in [5, 5.41) is 3.31. The van der Waals surface area contributed by atoms with Crippen molar-refractivity contribution in [2.75, 3.05) is 13.1 Å². The van der Waals surface area contributed by atoms with Gasteiger partial charge in [0.15, 0.2) is 0 Å². The van der Waals surface area contributed by atoms with Gasteiger partial charge in [-0.1, -0.05) is 6.07 Å². The van der Waals surface area contributed by atoms with Crippen LogP contribution in [0.25, 0.3) is 0 Å². The van der Waals surface area contributed by atoms with Crippen molar-refractivity contribution in [2.24, 2.45) is 0 Å². The average Bonchev–Trinajstić information content (AvgIpc) is 2.19. The van der Waals surface area contributed by atoms with E-state index < -0.39 is 0 Å². The minimum Gasteiger partial charge on any atom is -0.316 e. The number of nitrogens with one attached hydrogen (secondary N) is 1. The third-order valence-electron chi connectivity index (χ3n) is 2.70. The highest BCUT2D eigenvalue weighted by Gasteiger charge is 2.18. The molecule has 14 heavy (non-hydrogen) atoms. The number of benzene rings is 1. The molecule has 0 amide bonds. The van der Waals surface area contributed by atoms with Crippen molar-refractivity contribution in [1.29, 1.82) is 0 Å². The van der Waals surface area contributed by atoms with Gasteiger partial charge < -0.3 is 5.32 Å². The van der Waals surface area contributed by atoms with Gasteiger partial charge in [-0.15, -0.1) is 0 Å². The quantitative estimate of drug-likeness (QED) is 0.787. The molecule has 1 atom stereocenters. The zero-order valence-corrected chi connectivity index (χ0v) is 10.1. The molecule has 0 aliphatic carbocycles. The highest BCUT2D eigenvalue weighted by molar-refractivity contribution is 14.1. The summed E-state index contributed by atoms with van der Waals surface area (Å²) >= 11 is 2.14. The van der Waals surface area contributed by atoms with Gasteiger partial charge in [0.05, 0.1) is 0 Å². The lowest BCUT2D eigenvalue weighted by Gasteiger charge is -2.23. The second-order valence-electron chi connectivity index (χ2n) is 3.71. The molecule has 3 heteroatoms. The molecule has 1 N–H and O–H groups in total. The second kappa shape index (κ2) is 4.57. The maximum Gasteiger partial charge on any atom is 0.127 e. The maximum absolute atomic E-state index is 13.6. The molecule has 0 aromatic heterocycles. The first kappa shape index (κ1) is 10.4. The van der Waals surface area contributed by atoms with E-state index in [4.69, 9.17) is 0 Å². The van der Waals surface area contributed by atoms with E-state index in [0.29, 0.717) is 5.92 Å². The van der Waals surface area contributed by atoms with E-state index in [1.165, 1.54) is 0 Å². The van der Waals surface area contributed by atoms with Crippen LogP contribution in [0, 0.1) is 9.39 Å². The number of halogens is 2. The number of hydrogen-bond acceptors (Lipinski definition) is 1. The summed E-state index contributed by atoms with van der Waals surface area (Å²) in [5.41, 5.74) is 0.873. The van der Waals surface area contributed by atoms with E-state index in [1.54, 1.807) is 6.07 Å². The van der Waals surface area contributed by atoms with Crippen LogP contribution in [0.5, 0.6) is 0 Å².